The lowest BCUT2D eigenvalue weighted by Crippen LogP contribution is -2.46. The van der Waals surface area contributed by atoms with Gasteiger partial charge >= 0.3 is 0 Å². The number of rotatable bonds is 7. The monoisotopic (exact) mass is 545 g/mol. The van der Waals surface area contributed by atoms with Gasteiger partial charge in [-0.2, -0.15) is 5.10 Å². The highest BCUT2D eigenvalue weighted by Crippen LogP contribution is 2.34. The highest BCUT2D eigenvalue weighted by atomic mass is 19.1. The summed E-state index contributed by atoms with van der Waals surface area (Å²) in [6.07, 6.45) is 2.55. The Hall–Kier alpha value is -3.68. The van der Waals surface area contributed by atoms with Gasteiger partial charge in [-0.3, -0.25) is 9.88 Å². The number of aromatic nitrogens is 5. The topological polar surface area (TPSA) is 103 Å². The van der Waals surface area contributed by atoms with E-state index in [9.17, 15) is 23.4 Å². The van der Waals surface area contributed by atoms with Crippen LogP contribution < -0.4 is 4.90 Å². The molecule has 0 spiro atoms. The second-order valence-electron chi connectivity index (χ2n) is 10.0. The summed E-state index contributed by atoms with van der Waals surface area (Å²) in [6, 6.07) is 3.49. The first kappa shape index (κ1) is 26.9. The van der Waals surface area contributed by atoms with Gasteiger partial charge < -0.3 is 15.1 Å². The summed E-state index contributed by atoms with van der Waals surface area (Å²) in [6.45, 7) is 3.98. The van der Waals surface area contributed by atoms with E-state index in [-0.39, 0.29) is 23.3 Å². The van der Waals surface area contributed by atoms with Gasteiger partial charge in [0.15, 0.2) is 18.4 Å². The first-order chi connectivity index (χ1) is 18.5. The summed E-state index contributed by atoms with van der Waals surface area (Å²) in [5.41, 5.74) is -0.862. The number of fused-ring (bicyclic) bond motifs is 1. The van der Waals surface area contributed by atoms with Crippen molar-refractivity contribution in [1.29, 1.82) is 0 Å². The molecule has 206 valence electrons. The number of aliphatic hydroxyl groups excluding tert-OH is 1. The molecule has 1 aliphatic heterocycles. The summed E-state index contributed by atoms with van der Waals surface area (Å²) in [5, 5.41) is 24.6. The standard InChI is InChI=1S/C26H27F4N7O2/c1-26(2,39)24(38)23-20(30)22-19(11-31-23)33-21(16-10-32-37(13-16)14-27)25(34-22)36-7-5-35(6-8-36)12-15-3-4-17(28)9-18(15)29/h3-4,9-11,13,24,38-39H,5-8,12,14H2,1-2H3. The molecule has 0 bridgehead atoms. The Morgan fingerprint density at radius 1 is 1.05 bits per heavy atom. The van der Waals surface area contributed by atoms with Crippen LogP contribution in [0.5, 0.6) is 0 Å². The summed E-state index contributed by atoms with van der Waals surface area (Å²) in [4.78, 5) is 17.0. The minimum atomic E-state index is -1.65. The maximum Gasteiger partial charge on any atom is 0.181 e. The number of benzene rings is 1. The molecule has 1 saturated heterocycles. The molecule has 3 aromatic heterocycles. The highest BCUT2D eigenvalue weighted by molar-refractivity contribution is 5.83. The third-order valence-corrected chi connectivity index (χ3v) is 6.70. The van der Waals surface area contributed by atoms with Gasteiger partial charge in [0.05, 0.1) is 18.0 Å². The van der Waals surface area contributed by atoms with E-state index in [0.717, 1.165) is 10.7 Å². The van der Waals surface area contributed by atoms with Gasteiger partial charge in [0.1, 0.15) is 40.2 Å². The van der Waals surface area contributed by atoms with Gasteiger partial charge in [-0.25, -0.2) is 32.2 Å². The number of halogens is 4. The molecule has 4 aromatic rings. The van der Waals surface area contributed by atoms with Crippen molar-refractivity contribution >= 4 is 16.9 Å². The number of piperazine rings is 1. The van der Waals surface area contributed by atoms with Gasteiger partial charge in [-0.1, -0.05) is 6.07 Å². The predicted molar refractivity (Wildman–Crippen MR) is 135 cm³/mol. The minimum absolute atomic E-state index is 0.108. The molecular formula is C26H27F4N7O2. The van der Waals surface area contributed by atoms with E-state index in [2.05, 4.69) is 20.1 Å². The van der Waals surface area contributed by atoms with E-state index in [4.69, 9.17) is 0 Å². The van der Waals surface area contributed by atoms with E-state index in [1.807, 2.05) is 9.80 Å². The zero-order chi connectivity index (χ0) is 27.9. The molecule has 4 heterocycles. The van der Waals surface area contributed by atoms with Crippen LogP contribution in [-0.4, -0.2) is 71.6 Å². The molecule has 1 atom stereocenters. The molecule has 1 fully saturated rings. The van der Waals surface area contributed by atoms with Crippen LogP contribution in [0, 0.1) is 17.5 Å². The third kappa shape index (κ3) is 5.42. The van der Waals surface area contributed by atoms with Gasteiger partial charge in [-0.15, -0.1) is 0 Å². The fraction of sp³-hybridized carbons (Fsp3) is 0.385. The highest BCUT2D eigenvalue weighted by Gasteiger charge is 2.32. The van der Waals surface area contributed by atoms with Crippen LogP contribution in [0.1, 0.15) is 31.2 Å². The van der Waals surface area contributed by atoms with Crippen molar-refractivity contribution in [3.63, 3.8) is 0 Å². The Morgan fingerprint density at radius 3 is 2.44 bits per heavy atom. The normalized spacial score (nSPS) is 15.7. The quantitative estimate of drug-likeness (QED) is 0.341. The van der Waals surface area contributed by atoms with Crippen LogP contribution in [0.4, 0.5) is 23.4 Å². The van der Waals surface area contributed by atoms with E-state index in [1.54, 1.807) is 0 Å². The minimum Gasteiger partial charge on any atom is -0.387 e. The second-order valence-corrected chi connectivity index (χ2v) is 10.0. The average molecular weight is 546 g/mol. The fourth-order valence-electron chi connectivity index (χ4n) is 4.50. The largest absolute Gasteiger partial charge is 0.387 e. The number of hydrogen-bond acceptors (Lipinski definition) is 8. The van der Waals surface area contributed by atoms with E-state index in [1.165, 1.54) is 44.6 Å². The zero-order valence-electron chi connectivity index (χ0n) is 21.3. The Morgan fingerprint density at radius 2 is 1.79 bits per heavy atom. The summed E-state index contributed by atoms with van der Waals surface area (Å²) in [5.74, 6) is -1.84. The van der Waals surface area contributed by atoms with Crippen molar-refractivity contribution in [1.82, 2.24) is 29.6 Å². The second kappa shape index (κ2) is 10.5. The molecule has 13 heteroatoms. The average Bonchev–Trinajstić information content (AvgIpc) is 3.39. The molecule has 0 saturated carbocycles. The van der Waals surface area contributed by atoms with Crippen molar-refractivity contribution in [2.24, 2.45) is 0 Å². The van der Waals surface area contributed by atoms with Crippen molar-refractivity contribution in [3.8, 4) is 11.3 Å². The van der Waals surface area contributed by atoms with Crippen LogP contribution in [-0.2, 0) is 13.3 Å². The Kier molecular flexibility index (Phi) is 7.23. The fourth-order valence-corrected chi connectivity index (χ4v) is 4.50. The lowest BCUT2D eigenvalue weighted by atomic mass is 9.98. The molecule has 1 unspecified atom stereocenters. The molecular weight excluding hydrogens is 518 g/mol. The number of alkyl halides is 1. The molecule has 5 rings (SSSR count). The summed E-state index contributed by atoms with van der Waals surface area (Å²) in [7, 11) is 0. The maximum atomic E-state index is 15.6. The number of aliphatic hydroxyl groups is 2. The smallest absolute Gasteiger partial charge is 0.181 e. The molecule has 9 nitrogen and oxygen atoms in total. The van der Waals surface area contributed by atoms with Crippen LogP contribution in [0.15, 0.2) is 36.8 Å². The van der Waals surface area contributed by atoms with Crippen molar-refractivity contribution in [2.45, 2.75) is 38.9 Å². The molecule has 0 aliphatic carbocycles. The van der Waals surface area contributed by atoms with Crippen molar-refractivity contribution < 1.29 is 27.8 Å². The van der Waals surface area contributed by atoms with Gasteiger partial charge in [0, 0.05) is 56.1 Å². The van der Waals surface area contributed by atoms with Gasteiger partial charge in [-0.05, 0) is 19.9 Å². The maximum absolute atomic E-state index is 15.6. The molecule has 0 amide bonds. The zero-order valence-corrected chi connectivity index (χ0v) is 21.3. The van der Waals surface area contributed by atoms with Crippen LogP contribution >= 0.6 is 0 Å². The molecule has 39 heavy (non-hydrogen) atoms. The Labute approximate surface area is 221 Å². The van der Waals surface area contributed by atoms with Crippen LogP contribution in [0.25, 0.3) is 22.3 Å². The molecule has 1 aliphatic rings. The molecule has 2 N–H and O–H groups in total. The van der Waals surface area contributed by atoms with Crippen molar-refractivity contribution in [3.05, 3.63) is 65.5 Å². The van der Waals surface area contributed by atoms with Crippen molar-refractivity contribution in [2.75, 3.05) is 31.1 Å². The predicted octanol–water partition coefficient (Wildman–Crippen LogP) is 3.36. The van der Waals surface area contributed by atoms with Crippen LogP contribution in [0.3, 0.4) is 0 Å². The summed E-state index contributed by atoms with van der Waals surface area (Å²) < 4.78 is 57.3. The van der Waals surface area contributed by atoms with E-state index in [0.29, 0.717) is 48.8 Å². The molecule has 1 aromatic carbocycles. The first-order valence-electron chi connectivity index (χ1n) is 12.3. The Balaban J connectivity index is 1.49. The first-order valence-corrected chi connectivity index (χ1v) is 12.3. The Bertz CT molecular complexity index is 1500. The van der Waals surface area contributed by atoms with E-state index < -0.39 is 36.0 Å². The summed E-state index contributed by atoms with van der Waals surface area (Å²) >= 11 is 0. The third-order valence-electron chi connectivity index (χ3n) is 6.70. The number of nitrogens with zero attached hydrogens (tertiary/aromatic N) is 7. The number of pyridine rings is 1. The van der Waals surface area contributed by atoms with E-state index >= 15 is 4.39 Å². The molecule has 0 radical (unpaired) electrons. The lowest BCUT2D eigenvalue weighted by Gasteiger charge is -2.36. The number of hydrogen-bond donors (Lipinski definition) is 2. The van der Waals surface area contributed by atoms with Gasteiger partial charge in [0.25, 0.3) is 0 Å². The van der Waals surface area contributed by atoms with Crippen LogP contribution in [0.2, 0.25) is 0 Å². The van der Waals surface area contributed by atoms with Gasteiger partial charge in [0.2, 0.25) is 0 Å². The SMILES string of the molecule is CC(C)(O)C(O)c1ncc2nc(-c3cnn(CF)c3)c(N3CCN(Cc4ccc(F)cc4F)CC3)nc2c1F. The number of anilines is 1. The lowest BCUT2D eigenvalue weighted by molar-refractivity contribution is -0.0533.